The number of aliphatic hydroxyl groups is 7. The van der Waals surface area contributed by atoms with Gasteiger partial charge in [-0.3, -0.25) is 4.79 Å². The maximum absolute atomic E-state index is 13.1. The third-order valence-electron chi connectivity index (χ3n) is 12.4. The number of hydrogen-bond acceptors (Lipinski definition) is 10. The number of nitrogens with one attached hydrogen (secondary N) is 1. The summed E-state index contributed by atoms with van der Waals surface area (Å²) in [6.45, 7) is 3.39. The predicted octanol–water partition coefficient (Wildman–Crippen LogP) is 9.56. The molecule has 1 fully saturated rings. The number of hydrogen-bond donors (Lipinski definition) is 8. The van der Waals surface area contributed by atoms with Crippen molar-refractivity contribution in [1.29, 1.82) is 0 Å². The molecule has 9 atom stereocenters. The molecule has 63 heavy (non-hydrogen) atoms. The maximum Gasteiger partial charge on any atom is 0.249 e. The van der Waals surface area contributed by atoms with E-state index in [1.807, 2.05) is 0 Å². The second kappa shape index (κ2) is 41.7. The molecule has 1 heterocycles. The molecule has 0 aliphatic carbocycles. The Morgan fingerprint density at radius 1 is 0.540 bits per heavy atom. The summed E-state index contributed by atoms with van der Waals surface area (Å²) in [7, 11) is 0. The van der Waals surface area contributed by atoms with Gasteiger partial charge in [-0.15, -0.1) is 0 Å². The minimum absolute atomic E-state index is 0.242. The lowest BCUT2D eigenvalue weighted by Crippen LogP contribution is -2.60. The van der Waals surface area contributed by atoms with Crippen LogP contribution in [0.2, 0.25) is 0 Å². The average Bonchev–Trinajstić information content (AvgIpc) is 3.28. The summed E-state index contributed by atoms with van der Waals surface area (Å²) in [5, 5.41) is 75.8. The molecule has 1 aliphatic heterocycles. The van der Waals surface area contributed by atoms with Gasteiger partial charge < -0.3 is 50.5 Å². The lowest BCUT2D eigenvalue weighted by molar-refractivity contribution is -0.303. The first-order valence-corrected chi connectivity index (χ1v) is 25.9. The largest absolute Gasteiger partial charge is 0.394 e. The molecule has 0 aromatic rings. The molecule has 0 spiro atoms. The van der Waals surface area contributed by atoms with Crippen molar-refractivity contribution < 1.29 is 50.0 Å². The second-order valence-corrected chi connectivity index (χ2v) is 18.2. The highest BCUT2D eigenvalue weighted by molar-refractivity contribution is 5.80. The van der Waals surface area contributed by atoms with Gasteiger partial charge in [-0.25, -0.2) is 0 Å². The van der Waals surface area contributed by atoms with Crippen LogP contribution in [0.4, 0.5) is 0 Å². The lowest BCUT2D eigenvalue weighted by atomic mass is 9.98. The van der Waals surface area contributed by atoms with E-state index >= 15 is 0 Å². The van der Waals surface area contributed by atoms with E-state index in [9.17, 15) is 40.5 Å². The van der Waals surface area contributed by atoms with Crippen LogP contribution in [-0.2, 0) is 14.3 Å². The Morgan fingerprint density at radius 3 is 1.40 bits per heavy atom. The maximum atomic E-state index is 13.1. The summed E-state index contributed by atoms with van der Waals surface area (Å²) in [5.74, 6) is -0.711. The van der Waals surface area contributed by atoms with Crippen molar-refractivity contribution in [2.24, 2.45) is 0 Å². The van der Waals surface area contributed by atoms with Gasteiger partial charge >= 0.3 is 0 Å². The van der Waals surface area contributed by atoms with Gasteiger partial charge in [0.05, 0.1) is 25.4 Å². The molecule has 370 valence electrons. The van der Waals surface area contributed by atoms with Gasteiger partial charge in [0.1, 0.15) is 36.6 Å². The molecule has 1 aliphatic rings. The number of aliphatic hydroxyl groups excluding tert-OH is 7. The molecule has 8 N–H and O–H groups in total. The van der Waals surface area contributed by atoms with Gasteiger partial charge in [-0.1, -0.05) is 198 Å². The lowest BCUT2D eigenvalue weighted by Gasteiger charge is -2.40. The molecular formula is C52H97NO10. The fourth-order valence-electron chi connectivity index (χ4n) is 8.11. The third kappa shape index (κ3) is 31.0. The summed E-state index contributed by atoms with van der Waals surface area (Å²) in [5.41, 5.74) is 0. The fourth-order valence-corrected chi connectivity index (χ4v) is 8.11. The van der Waals surface area contributed by atoms with Crippen LogP contribution in [0, 0.1) is 0 Å². The molecule has 1 amide bonds. The predicted molar refractivity (Wildman–Crippen MR) is 256 cm³/mol. The first-order chi connectivity index (χ1) is 30.7. The fraction of sp³-hybridized carbons (Fsp3) is 0.865. The van der Waals surface area contributed by atoms with Crippen LogP contribution in [-0.4, -0.2) is 110 Å². The van der Waals surface area contributed by atoms with Gasteiger partial charge in [0.15, 0.2) is 6.29 Å². The molecule has 0 radical (unpaired) electrons. The van der Waals surface area contributed by atoms with Crippen molar-refractivity contribution >= 4 is 5.91 Å². The molecule has 0 saturated carbocycles. The summed E-state index contributed by atoms with van der Waals surface area (Å²) < 4.78 is 11.1. The van der Waals surface area contributed by atoms with E-state index in [0.717, 1.165) is 51.4 Å². The summed E-state index contributed by atoms with van der Waals surface area (Å²) in [6.07, 6.45) is 37.7. The molecule has 9 unspecified atom stereocenters. The van der Waals surface area contributed by atoms with E-state index in [2.05, 4.69) is 55.6 Å². The highest BCUT2D eigenvalue weighted by Gasteiger charge is 2.44. The standard InChI is InChI=1S/C52H97NO10/c1-3-5-7-9-11-13-15-17-19-20-21-22-23-24-26-28-30-32-34-36-38-40-45(56)51(61)53-43(42-62-52-50(60)49(59)48(58)46(41-54)63-52)47(57)44(55)39-37-35-33-31-29-27-25-18-16-14-12-10-8-6-4-2/h10,12,18,25,31,33,43-50,52,54-60H,3-9,11,13-17,19-24,26-30,32,34-42H2,1-2H3,(H,53,61)/b12-10+,25-18+,33-31+. The third-order valence-corrected chi connectivity index (χ3v) is 12.4. The van der Waals surface area contributed by atoms with Crippen LogP contribution < -0.4 is 5.32 Å². The Hall–Kier alpha value is -1.67. The highest BCUT2D eigenvalue weighted by atomic mass is 16.7. The number of unbranched alkanes of at least 4 members (excludes halogenated alkanes) is 25. The van der Waals surface area contributed by atoms with E-state index in [-0.39, 0.29) is 12.8 Å². The summed E-state index contributed by atoms with van der Waals surface area (Å²) in [4.78, 5) is 13.1. The Balaban J connectivity index is 2.39. The van der Waals surface area contributed by atoms with Crippen LogP contribution in [0.25, 0.3) is 0 Å². The zero-order valence-corrected chi connectivity index (χ0v) is 40.1. The van der Waals surface area contributed by atoms with Crippen molar-refractivity contribution in [1.82, 2.24) is 5.32 Å². The second-order valence-electron chi connectivity index (χ2n) is 18.2. The smallest absolute Gasteiger partial charge is 0.249 e. The van der Waals surface area contributed by atoms with Gasteiger partial charge in [0.2, 0.25) is 5.91 Å². The summed E-state index contributed by atoms with van der Waals surface area (Å²) in [6, 6.07) is -1.19. The zero-order valence-electron chi connectivity index (χ0n) is 40.1. The van der Waals surface area contributed by atoms with Gasteiger partial charge in [-0.05, 0) is 57.8 Å². The topological polar surface area (TPSA) is 189 Å². The first kappa shape index (κ1) is 59.3. The number of amides is 1. The zero-order chi connectivity index (χ0) is 46.2. The van der Waals surface area contributed by atoms with Gasteiger partial charge in [0.25, 0.3) is 0 Å². The van der Waals surface area contributed by atoms with Crippen LogP contribution >= 0.6 is 0 Å². The number of ether oxygens (including phenoxy) is 2. The van der Waals surface area contributed by atoms with Crippen molar-refractivity contribution in [3.05, 3.63) is 36.5 Å². The number of allylic oxidation sites excluding steroid dienone is 6. The Labute approximate surface area is 384 Å². The van der Waals surface area contributed by atoms with Crippen molar-refractivity contribution in [3.63, 3.8) is 0 Å². The quantitative estimate of drug-likeness (QED) is 0.0216. The van der Waals surface area contributed by atoms with Crippen LogP contribution in [0.15, 0.2) is 36.5 Å². The normalized spacial score (nSPS) is 21.4. The molecular weight excluding hydrogens is 799 g/mol. The minimum Gasteiger partial charge on any atom is -0.394 e. The average molecular weight is 896 g/mol. The number of carbonyl (C=O) groups is 1. The monoisotopic (exact) mass is 896 g/mol. The van der Waals surface area contributed by atoms with E-state index < -0.39 is 74.2 Å². The Morgan fingerprint density at radius 2 is 0.952 bits per heavy atom. The van der Waals surface area contributed by atoms with Crippen LogP contribution in [0.5, 0.6) is 0 Å². The van der Waals surface area contributed by atoms with E-state index in [1.165, 1.54) is 122 Å². The first-order valence-electron chi connectivity index (χ1n) is 25.9. The van der Waals surface area contributed by atoms with E-state index in [4.69, 9.17) is 9.47 Å². The van der Waals surface area contributed by atoms with Crippen molar-refractivity contribution in [2.45, 2.75) is 274 Å². The number of rotatable bonds is 43. The van der Waals surface area contributed by atoms with E-state index in [0.29, 0.717) is 19.3 Å². The molecule has 11 heteroatoms. The SMILES string of the molecule is CCCC/C=C/CC/C=C/CC/C=C/CCCC(O)C(O)C(COC1OC(CO)C(O)C(O)C1O)NC(=O)C(O)CCCCCCCCCCCCCCCCCCCCCCC. The van der Waals surface area contributed by atoms with Gasteiger partial charge in [-0.2, -0.15) is 0 Å². The molecule has 1 saturated heterocycles. The Kier molecular flexibility index (Phi) is 39.3. The van der Waals surface area contributed by atoms with Crippen molar-refractivity contribution in [2.75, 3.05) is 13.2 Å². The highest BCUT2D eigenvalue weighted by Crippen LogP contribution is 2.23. The van der Waals surface area contributed by atoms with Gasteiger partial charge in [0, 0.05) is 0 Å². The molecule has 0 bridgehead atoms. The Bertz CT molecular complexity index is 1120. The number of carbonyl (C=O) groups excluding carboxylic acids is 1. The van der Waals surface area contributed by atoms with E-state index in [1.54, 1.807) is 0 Å². The van der Waals surface area contributed by atoms with Crippen LogP contribution in [0.3, 0.4) is 0 Å². The molecule has 0 aromatic carbocycles. The van der Waals surface area contributed by atoms with Crippen LogP contribution in [0.1, 0.15) is 219 Å². The molecule has 11 nitrogen and oxygen atoms in total. The summed E-state index contributed by atoms with van der Waals surface area (Å²) >= 11 is 0. The molecule has 0 aromatic heterocycles. The molecule has 1 rings (SSSR count). The van der Waals surface area contributed by atoms with Crippen molar-refractivity contribution in [3.8, 4) is 0 Å². The minimum atomic E-state index is -1.67.